The number of halogens is 1. The van der Waals surface area contributed by atoms with E-state index in [1.807, 2.05) is 0 Å². The molecule has 0 N–H and O–H groups in total. The number of ether oxygens (including phenoxy) is 1. The van der Waals surface area contributed by atoms with E-state index in [4.69, 9.17) is 4.74 Å². The van der Waals surface area contributed by atoms with Crippen LogP contribution in [0.15, 0.2) is 18.2 Å². The molecule has 0 radical (unpaired) electrons. The normalized spacial score (nSPS) is 19.2. The minimum Gasteiger partial charge on any atom is -0.489 e. The van der Waals surface area contributed by atoms with Gasteiger partial charge in [-0.05, 0) is 25.0 Å². The highest BCUT2D eigenvalue weighted by atomic mass is 19.1. The molecule has 0 spiro atoms. The lowest BCUT2D eigenvalue weighted by molar-refractivity contribution is -0.125. The van der Waals surface area contributed by atoms with Crippen molar-refractivity contribution in [3.8, 4) is 5.75 Å². The predicted octanol–water partition coefficient (Wildman–Crippen LogP) is 2.35. The summed E-state index contributed by atoms with van der Waals surface area (Å²) in [5, 5.41) is 0. The first-order valence-electron chi connectivity index (χ1n) is 5.99. The van der Waals surface area contributed by atoms with Crippen molar-refractivity contribution in [1.82, 2.24) is 0 Å². The van der Waals surface area contributed by atoms with Gasteiger partial charge < -0.3 is 9.64 Å². The van der Waals surface area contributed by atoms with Gasteiger partial charge in [0.25, 0.3) is 0 Å². The molecule has 17 heavy (non-hydrogen) atoms. The van der Waals surface area contributed by atoms with Crippen LogP contribution in [0.1, 0.15) is 19.3 Å². The molecule has 1 amide bonds. The number of nitrogens with zero attached hydrogens (tertiary/aromatic N) is 1. The number of carbonyl (C=O) groups excluding carboxylic acids is 1. The SMILES string of the molecule is O=C(C1CCC1)N1CCOc2cc(F)ccc21. The van der Waals surface area contributed by atoms with Gasteiger partial charge in [0, 0.05) is 12.0 Å². The zero-order chi connectivity index (χ0) is 11.8. The van der Waals surface area contributed by atoms with Crippen molar-refractivity contribution < 1.29 is 13.9 Å². The minimum atomic E-state index is -0.332. The number of hydrogen-bond acceptors (Lipinski definition) is 2. The van der Waals surface area contributed by atoms with Crippen LogP contribution in [0.4, 0.5) is 10.1 Å². The van der Waals surface area contributed by atoms with E-state index >= 15 is 0 Å². The molecule has 1 fully saturated rings. The highest BCUT2D eigenvalue weighted by molar-refractivity contribution is 5.97. The third-order valence-electron chi connectivity index (χ3n) is 3.51. The van der Waals surface area contributed by atoms with Gasteiger partial charge in [-0.1, -0.05) is 6.42 Å². The molecule has 90 valence electrons. The number of anilines is 1. The molecule has 0 aromatic heterocycles. The second-order valence-electron chi connectivity index (χ2n) is 4.58. The zero-order valence-corrected chi connectivity index (χ0v) is 9.49. The van der Waals surface area contributed by atoms with Crippen LogP contribution in [0.2, 0.25) is 0 Å². The largest absolute Gasteiger partial charge is 0.489 e. The van der Waals surface area contributed by atoms with Crippen LogP contribution < -0.4 is 9.64 Å². The molecule has 1 aromatic rings. The van der Waals surface area contributed by atoms with Crippen molar-refractivity contribution in [3.63, 3.8) is 0 Å². The summed E-state index contributed by atoms with van der Waals surface area (Å²) in [6.07, 6.45) is 3.09. The molecule has 1 heterocycles. The molecule has 0 bridgehead atoms. The molecule has 4 heteroatoms. The smallest absolute Gasteiger partial charge is 0.230 e. The fourth-order valence-corrected chi connectivity index (χ4v) is 2.30. The Morgan fingerprint density at radius 3 is 2.94 bits per heavy atom. The van der Waals surface area contributed by atoms with E-state index in [1.165, 1.54) is 12.1 Å². The van der Waals surface area contributed by atoms with Crippen LogP contribution in [0.5, 0.6) is 5.75 Å². The first-order valence-corrected chi connectivity index (χ1v) is 5.99. The maximum atomic E-state index is 13.1. The van der Waals surface area contributed by atoms with Crippen molar-refractivity contribution in [1.29, 1.82) is 0 Å². The van der Waals surface area contributed by atoms with Crippen LogP contribution in [0.3, 0.4) is 0 Å². The Bertz CT molecular complexity index is 457. The highest BCUT2D eigenvalue weighted by Gasteiger charge is 2.32. The van der Waals surface area contributed by atoms with Crippen molar-refractivity contribution in [2.24, 2.45) is 5.92 Å². The summed E-state index contributed by atoms with van der Waals surface area (Å²) >= 11 is 0. The van der Waals surface area contributed by atoms with Crippen molar-refractivity contribution in [2.75, 3.05) is 18.1 Å². The summed E-state index contributed by atoms with van der Waals surface area (Å²) in [6.45, 7) is 1.00. The van der Waals surface area contributed by atoms with Crippen LogP contribution in [0.25, 0.3) is 0 Å². The topological polar surface area (TPSA) is 29.5 Å². The average molecular weight is 235 g/mol. The number of carbonyl (C=O) groups is 1. The molecule has 3 nitrogen and oxygen atoms in total. The van der Waals surface area contributed by atoms with Crippen molar-refractivity contribution in [2.45, 2.75) is 19.3 Å². The third kappa shape index (κ3) is 1.77. The van der Waals surface area contributed by atoms with E-state index in [-0.39, 0.29) is 17.6 Å². The summed E-state index contributed by atoms with van der Waals surface area (Å²) in [4.78, 5) is 13.9. The second kappa shape index (κ2) is 4.02. The molecular formula is C13H14FNO2. The van der Waals surface area contributed by atoms with E-state index in [9.17, 15) is 9.18 Å². The number of rotatable bonds is 1. The lowest BCUT2D eigenvalue weighted by Gasteiger charge is -2.35. The fraction of sp³-hybridized carbons (Fsp3) is 0.462. The molecule has 1 aromatic carbocycles. The lowest BCUT2D eigenvalue weighted by atomic mass is 9.84. The Hall–Kier alpha value is -1.58. The Morgan fingerprint density at radius 2 is 2.24 bits per heavy atom. The second-order valence-corrected chi connectivity index (χ2v) is 4.58. The summed E-state index contributed by atoms with van der Waals surface area (Å²) in [5.41, 5.74) is 0.703. The molecule has 0 atom stereocenters. The molecule has 1 aliphatic heterocycles. The van der Waals surface area contributed by atoms with Crippen LogP contribution >= 0.6 is 0 Å². The quantitative estimate of drug-likeness (QED) is 0.747. The van der Waals surface area contributed by atoms with E-state index < -0.39 is 0 Å². The van der Waals surface area contributed by atoms with Gasteiger partial charge in [0.05, 0.1) is 12.2 Å². The Morgan fingerprint density at radius 1 is 1.41 bits per heavy atom. The van der Waals surface area contributed by atoms with Gasteiger partial charge >= 0.3 is 0 Å². The van der Waals surface area contributed by atoms with Crippen LogP contribution in [0, 0.1) is 11.7 Å². The van der Waals surface area contributed by atoms with E-state index in [0.717, 1.165) is 19.3 Å². The Labute approximate surface area is 99.2 Å². The van der Waals surface area contributed by atoms with Gasteiger partial charge in [0.1, 0.15) is 18.2 Å². The molecule has 3 rings (SSSR count). The van der Waals surface area contributed by atoms with Crippen LogP contribution in [-0.4, -0.2) is 19.1 Å². The van der Waals surface area contributed by atoms with Gasteiger partial charge in [-0.25, -0.2) is 4.39 Å². The molecule has 0 unspecified atom stereocenters. The highest BCUT2D eigenvalue weighted by Crippen LogP contribution is 2.36. The Balaban J connectivity index is 1.90. The first kappa shape index (κ1) is 10.6. The average Bonchev–Trinajstić information content (AvgIpc) is 2.25. The third-order valence-corrected chi connectivity index (χ3v) is 3.51. The van der Waals surface area contributed by atoms with E-state index in [0.29, 0.717) is 24.6 Å². The summed E-state index contributed by atoms with van der Waals surface area (Å²) in [5.74, 6) is 0.462. The van der Waals surface area contributed by atoms with Crippen molar-refractivity contribution >= 4 is 11.6 Å². The molecule has 2 aliphatic rings. The molecule has 1 saturated carbocycles. The van der Waals surface area contributed by atoms with Gasteiger partial charge in [-0.2, -0.15) is 0 Å². The summed E-state index contributed by atoms with van der Waals surface area (Å²) in [6, 6.07) is 4.34. The number of benzene rings is 1. The fourth-order valence-electron chi connectivity index (χ4n) is 2.30. The predicted molar refractivity (Wildman–Crippen MR) is 61.6 cm³/mol. The van der Waals surface area contributed by atoms with Gasteiger partial charge in [0.2, 0.25) is 5.91 Å². The number of fused-ring (bicyclic) bond motifs is 1. The first-order chi connectivity index (χ1) is 8.25. The van der Waals surface area contributed by atoms with Gasteiger partial charge in [-0.3, -0.25) is 4.79 Å². The summed E-state index contributed by atoms with van der Waals surface area (Å²) in [7, 11) is 0. The molecular weight excluding hydrogens is 221 g/mol. The maximum absolute atomic E-state index is 13.1. The van der Waals surface area contributed by atoms with Gasteiger partial charge in [-0.15, -0.1) is 0 Å². The monoisotopic (exact) mass is 235 g/mol. The van der Waals surface area contributed by atoms with Crippen molar-refractivity contribution in [3.05, 3.63) is 24.0 Å². The molecule has 0 saturated heterocycles. The Kier molecular flexibility index (Phi) is 2.50. The van der Waals surface area contributed by atoms with Crippen LogP contribution in [-0.2, 0) is 4.79 Å². The molecule has 1 aliphatic carbocycles. The number of amides is 1. The van der Waals surface area contributed by atoms with Gasteiger partial charge in [0.15, 0.2) is 0 Å². The maximum Gasteiger partial charge on any atom is 0.230 e. The summed E-state index contributed by atoms with van der Waals surface area (Å²) < 4.78 is 18.5. The zero-order valence-electron chi connectivity index (χ0n) is 9.49. The van der Waals surface area contributed by atoms with E-state index in [2.05, 4.69) is 0 Å². The minimum absolute atomic E-state index is 0.158. The number of hydrogen-bond donors (Lipinski definition) is 0. The lowest BCUT2D eigenvalue weighted by Crippen LogP contribution is -2.43. The standard InChI is InChI=1S/C13H14FNO2/c14-10-4-5-11-12(8-10)17-7-6-15(11)13(16)9-2-1-3-9/h4-5,8-9H,1-3,6-7H2. The van der Waals surface area contributed by atoms with E-state index in [1.54, 1.807) is 11.0 Å².